The van der Waals surface area contributed by atoms with Gasteiger partial charge in [0, 0.05) is 50.9 Å². The third kappa shape index (κ3) is 10.4. The predicted octanol–water partition coefficient (Wildman–Crippen LogP) is 0.767. The van der Waals surface area contributed by atoms with Crippen molar-refractivity contribution in [1.29, 1.82) is 0 Å². The number of aliphatic hydroxyl groups is 1. The number of carbonyl (C=O) groups is 2. The number of nitrogen functional groups attached to an aromatic ring is 1. The van der Waals surface area contributed by atoms with Crippen molar-refractivity contribution in [3.05, 3.63) is 54.4 Å². The molecule has 3 aliphatic rings. The molecule has 2 aromatic heterocycles. The summed E-state index contributed by atoms with van der Waals surface area (Å²) in [6, 6.07) is 12.2. The van der Waals surface area contributed by atoms with E-state index in [2.05, 4.69) is 51.5 Å². The number of hydrogen-bond acceptors (Lipinski definition) is 16. The van der Waals surface area contributed by atoms with Crippen LogP contribution < -0.4 is 31.2 Å². The van der Waals surface area contributed by atoms with Crippen molar-refractivity contribution in [2.45, 2.75) is 37.4 Å². The number of anilines is 2. The van der Waals surface area contributed by atoms with Gasteiger partial charge in [-0.1, -0.05) is 0 Å². The van der Waals surface area contributed by atoms with Crippen molar-refractivity contribution in [3.63, 3.8) is 0 Å². The number of rotatable bonds is 15. The first-order valence-corrected chi connectivity index (χ1v) is 21.1. The minimum Gasteiger partial charge on any atom is -0.440 e. The fraction of sp³-hybridized carbons (Fsp3) is 0.406. The van der Waals surface area contributed by atoms with E-state index in [9.17, 15) is 28.7 Å². The largest absolute Gasteiger partial charge is 0.481 e. The maximum Gasteiger partial charge on any atom is 0.481 e. The molecule has 1 aliphatic carbocycles. The van der Waals surface area contributed by atoms with Crippen LogP contribution >= 0.6 is 27.0 Å². The molecule has 6 rings (SSSR count). The molecule has 1 aromatic carbocycles. The Morgan fingerprint density at radius 3 is 2.61 bits per heavy atom. The zero-order chi connectivity index (χ0) is 41.1. The standard InChI is InChI=1S/C32H40N10O12P2S/c1-40(2)18-6-8-20-23(13-18)57-24-14-19(7-9-21(24)39-20)41(3)12-4-5-25(43)34-10-11-35-32(45)53-28-22(15-51-56(49,50)54-55(46,47)48)52-31(27(28)44)42-17-38-26-29(33)36-16-37-30(26)42/h6-9,13-14,16-17,22,27-28,31,44H,4-5,10-12,15H2,1-3H3,(H6-,33,34,35,36,37,43,45,46,47,48,49,50)/p+1/t22-,27-,28-,31-/m1/s1. The van der Waals surface area contributed by atoms with E-state index in [1.807, 2.05) is 50.0 Å². The number of nitrogens with one attached hydrogen (secondary N) is 2. The fourth-order valence-electron chi connectivity index (χ4n) is 5.95. The van der Waals surface area contributed by atoms with Gasteiger partial charge in [0.15, 0.2) is 23.8 Å². The molecule has 1 saturated heterocycles. The number of benzene rings is 2. The summed E-state index contributed by atoms with van der Waals surface area (Å²) in [6.45, 7) is -0.354. The number of ether oxygens (including phenoxy) is 2. The highest BCUT2D eigenvalue weighted by molar-refractivity contribution is 7.60. The molecule has 0 bridgehead atoms. The van der Waals surface area contributed by atoms with Gasteiger partial charge in [0.25, 0.3) is 0 Å². The SMILES string of the molecule is CN(CCCC(=O)NCCNC(=O)O[C@H]1[C@@H](O)[C@H](n2cnc3c(N)ncnc32)O[C@@H]1COP(=O)(O)OP(=O)(O)O)c1ccc2nc3ccc(=[N+](C)C)cc-3sc2c1. The van der Waals surface area contributed by atoms with Crippen LogP contribution in [0.25, 0.3) is 32.0 Å². The fourth-order valence-corrected chi connectivity index (χ4v) is 8.59. The van der Waals surface area contributed by atoms with E-state index in [4.69, 9.17) is 30.0 Å². The van der Waals surface area contributed by atoms with Crippen molar-refractivity contribution in [1.82, 2.24) is 39.7 Å². The molecule has 2 aliphatic heterocycles. The lowest BCUT2D eigenvalue weighted by atomic mass is 10.1. The first-order chi connectivity index (χ1) is 27.0. The van der Waals surface area contributed by atoms with Gasteiger partial charge >= 0.3 is 21.7 Å². The molecule has 306 valence electrons. The highest BCUT2D eigenvalue weighted by atomic mass is 32.1. The minimum atomic E-state index is -5.44. The van der Waals surface area contributed by atoms with Crippen molar-refractivity contribution in [2.75, 3.05) is 58.0 Å². The second kappa shape index (κ2) is 17.4. The normalized spacial score (nSPS) is 19.4. The Morgan fingerprint density at radius 2 is 1.86 bits per heavy atom. The summed E-state index contributed by atoms with van der Waals surface area (Å²) in [7, 11) is -4.84. The molecule has 1 unspecified atom stereocenters. The van der Waals surface area contributed by atoms with E-state index < -0.39 is 52.9 Å². The number of aliphatic hydroxyl groups excluding tert-OH is 1. The lowest BCUT2D eigenvalue weighted by Crippen LogP contribution is -2.42. The van der Waals surface area contributed by atoms with Crippen LogP contribution in [0.5, 0.6) is 0 Å². The second-order valence-corrected chi connectivity index (χ2v) is 17.0. The van der Waals surface area contributed by atoms with Crippen molar-refractivity contribution in [2.24, 2.45) is 0 Å². The number of nitrogens with two attached hydrogens (primary N) is 1. The number of imidazole rings is 1. The first-order valence-electron chi connectivity index (χ1n) is 17.3. The third-order valence-corrected chi connectivity index (χ3v) is 12.0. The van der Waals surface area contributed by atoms with E-state index in [1.54, 1.807) is 11.3 Å². The molecule has 3 aromatic rings. The summed E-state index contributed by atoms with van der Waals surface area (Å²) in [4.78, 5) is 73.0. The zero-order valence-corrected chi connectivity index (χ0v) is 33.3. The maximum atomic E-state index is 12.8. The monoisotopic (exact) mass is 851 g/mol. The van der Waals surface area contributed by atoms with Crippen LogP contribution in [0.2, 0.25) is 0 Å². The molecule has 4 heterocycles. The van der Waals surface area contributed by atoms with Gasteiger partial charge in [-0.25, -0.2) is 38.4 Å². The summed E-state index contributed by atoms with van der Waals surface area (Å²) in [5, 5.41) is 17.4. The van der Waals surface area contributed by atoms with Gasteiger partial charge in [-0.15, -0.1) is 11.3 Å². The molecular weight excluding hydrogens is 810 g/mol. The van der Waals surface area contributed by atoms with E-state index in [0.29, 0.717) is 13.0 Å². The highest BCUT2D eigenvalue weighted by Gasteiger charge is 2.49. The topological polar surface area (TPSA) is 299 Å². The number of amides is 2. The lowest BCUT2D eigenvalue weighted by molar-refractivity contribution is -0.121. The first kappa shape index (κ1) is 41.9. The predicted molar refractivity (Wildman–Crippen MR) is 206 cm³/mol. The van der Waals surface area contributed by atoms with Gasteiger partial charge in [-0.3, -0.25) is 13.9 Å². The summed E-state index contributed by atoms with van der Waals surface area (Å²) in [5.74, 6) is -0.213. The number of phosphoric acid groups is 2. The molecular formula is C32H41N10O12P2S+. The average molecular weight is 852 g/mol. The summed E-state index contributed by atoms with van der Waals surface area (Å²) in [5.41, 5.74) is 8.97. The quantitative estimate of drug-likeness (QED) is 0.0331. The molecule has 0 radical (unpaired) electrons. The Hall–Kier alpha value is -4.67. The lowest BCUT2D eigenvalue weighted by Gasteiger charge is -2.21. The van der Waals surface area contributed by atoms with Gasteiger partial charge in [0.2, 0.25) is 11.3 Å². The van der Waals surface area contributed by atoms with Crippen LogP contribution in [0.4, 0.5) is 16.3 Å². The number of fused-ring (bicyclic) bond motifs is 3. The Kier molecular flexibility index (Phi) is 12.8. The molecule has 8 N–H and O–H groups in total. The van der Waals surface area contributed by atoms with Crippen LogP contribution in [0, 0.1) is 0 Å². The van der Waals surface area contributed by atoms with Gasteiger partial charge < -0.3 is 50.5 Å². The number of aromatic nitrogens is 5. The van der Waals surface area contributed by atoms with Crippen LogP contribution in [0.1, 0.15) is 19.1 Å². The van der Waals surface area contributed by atoms with E-state index in [1.165, 1.54) is 10.9 Å². The maximum absolute atomic E-state index is 12.8. The number of carbonyl (C=O) groups excluding carboxylic acids is 2. The number of alkyl carbamates (subject to hydrolysis) is 1. The van der Waals surface area contributed by atoms with Crippen LogP contribution in [0.15, 0.2) is 49.1 Å². The van der Waals surface area contributed by atoms with E-state index >= 15 is 0 Å². The Balaban J connectivity index is 0.985. The molecule has 25 heteroatoms. The molecule has 0 saturated carbocycles. The van der Waals surface area contributed by atoms with Crippen LogP contribution in [-0.2, 0) is 32.2 Å². The average Bonchev–Trinajstić information content (AvgIpc) is 3.71. The summed E-state index contributed by atoms with van der Waals surface area (Å²) in [6.07, 6.45) is -3.97. The van der Waals surface area contributed by atoms with Crippen LogP contribution in [0.3, 0.4) is 0 Å². The van der Waals surface area contributed by atoms with E-state index in [0.717, 1.165) is 38.2 Å². The number of nitrogens with zero attached hydrogens (tertiary/aromatic N) is 7. The Morgan fingerprint density at radius 1 is 1.09 bits per heavy atom. The van der Waals surface area contributed by atoms with Crippen molar-refractivity contribution < 1.29 is 56.8 Å². The minimum absolute atomic E-state index is 0.0286. The van der Waals surface area contributed by atoms with Crippen molar-refractivity contribution in [3.8, 4) is 10.6 Å². The second-order valence-electron chi connectivity index (χ2n) is 13.1. The van der Waals surface area contributed by atoms with Gasteiger partial charge in [-0.2, -0.15) is 4.31 Å². The van der Waals surface area contributed by atoms with Gasteiger partial charge in [0.1, 0.15) is 38.1 Å². The molecule has 1 fully saturated rings. The number of phosphoric ester groups is 1. The van der Waals surface area contributed by atoms with E-state index in [-0.39, 0.29) is 42.4 Å². The number of hydrogen-bond donors (Lipinski definition) is 7. The van der Waals surface area contributed by atoms with Crippen molar-refractivity contribution >= 4 is 71.9 Å². The molecule has 5 atom stereocenters. The third-order valence-electron chi connectivity index (χ3n) is 8.74. The Labute approximate surface area is 328 Å². The summed E-state index contributed by atoms with van der Waals surface area (Å²) >= 11 is 1.67. The van der Waals surface area contributed by atoms with Gasteiger partial charge in [0.05, 0.1) is 33.7 Å². The molecule has 57 heavy (non-hydrogen) atoms. The molecule has 2 amide bonds. The smallest absolute Gasteiger partial charge is 0.440 e. The molecule has 22 nitrogen and oxygen atoms in total. The zero-order valence-electron chi connectivity index (χ0n) is 30.7. The van der Waals surface area contributed by atoms with Gasteiger partial charge in [-0.05, 0) is 30.7 Å². The molecule has 0 spiro atoms. The summed E-state index contributed by atoms with van der Waals surface area (Å²) < 4.78 is 47.2. The van der Waals surface area contributed by atoms with Crippen LogP contribution in [-0.4, -0.2) is 122 Å². The Bertz CT molecular complexity index is 2410. The highest BCUT2D eigenvalue weighted by Crippen LogP contribution is 2.57.